The van der Waals surface area contributed by atoms with Crippen molar-refractivity contribution >= 4 is 55.1 Å². The number of hydrogen-bond acceptors (Lipinski definition) is 3. The fourth-order valence-corrected chi connectivity index (χ4v) is 5.45. The third-order valence-corrected chi connectivity index (χ3v) is 6.64. The van der Waals surface area contributed by atoms with Crippen molar-refractivity contribution in [3.8, 4) is 11.8 Å². The number of anilines is 2. The summed E-state index contributed by atoms with van der Waals surface area (Å²) in [5.74, 6) is 0. The molecule has 3 heterocycles. The highest BCUT2D eigenvalue weighted by Crippen LogP contribution is 2.51. The zero-order valence-electron chi connectivity index (χ0n) is 17.8. The van der Waals surface area contributed by atoms with Crippen LogP contribution in [-0.4, -0.2) is 10.6 Å². The molecule has 4 aromatic carbocycles. The van der Waals surface area contributed by atoms with Gasteiger partial charge in [0.2, 0.25) is 0 Å². The molecule has 0 N–H and O–H groups in total. The number of nitrogens with zero attached hydrogens (tertiary/aromatic N) is 3. The Morgan fingerprint density at radius 3 is 2.38 bits per heavy atom. The van der Waals surface area contributed by atoms with Crippen molar-refractivity contribution in [2.75, 3.05) is 4.90 Å². The number of para-hydroxylation sites is 2. The van der Waals surface area contributed by atoms with Gasteiger partial charge in [-0.25, -0.2) is 0 Å². The highest BCUT2D eigenvalue weighted by molar-refractivity contribution is 6.30. The summed E-state index contributed by atoms with van der Waals surface area (Å²) in [6, 6.07) is 27.5. The summed E-state index contributed by atoms with van der Waals surface area (Å²) in [5.41, 5.74) is 8.07. The number of nitriles is 1. The summed E-state index contributed by atoms with van der Waals surface area (Å²) in [6.07, 6.45) is 0. The highest BCUT2D eigenvalue weighted by Gasteiger charge is 2.31. The minimum atomic E-state index is 0.208. The molecule has 0 saturated carbocycles. The quantitative estimate of drug-likeness (QED) is 0.282. The molecule has 1 aliphatic heterocycles. The van der Waals surface area contributed by atoms with Crippen LogP contribution in [0.25, 0.3) is 49.4 Å². The highest BCUT2D eigenvalue weighted by atomic mass is 16.3. The molecule has 7 rings (SSSR count). The molecule has 32 heavy (non-hydrogen) atoms. The first-order valence-corrected chi connectivity index (χ1v) is 10.9. The van der Waals surface area contributed by atoms with Gasteiger partial charge < -0.3 is 13.9 Å². The molecule has 0 spiro atoms. The maximum Gasteiger partial charge on any atom is 0.138 e. The Hall–Kier alpha value is -4.23. The molecular formula is C28H19N3O. The lowest BCUT2D eigenvalue weighted by Crippen LogP contribution is -2.29. The molecule has 4 nitrogen and oxygen atoms in total. The summed E-state index contributed by atoms with van der Waals surface area (Å²) in [7, 11) is 0. The van der Waals surface area contributed by atoms with Crippen molar-refractivity contribution < 1.29 is 4.42 Å². The normalized spacial score (nSPS) is 12.9. The number of rotatable bonds is 1. The fourth-order valence-electron chi connectivity index (χ4n) is 5.45. The fraction of sp³-hybridized carbons (Fsp3) is 0.107. The van der Waals surface area contributed by atoms with E-state index < -0.39 is 0 Å². The lowest BCUT2D eigenvalue weighted by atomic mass is 10.0. The number of benzene rings is 4. The Bertz CT molecular complexity index is 1780. The molecule has 0 saturated heterocycles. The van der Waals surface area contributed by atoms with Crippen LogP contribution in [0.5, 0.6) is 0 Å². The zero-order valence-corrected chi connectivity index (χ0v) is 17.8. The van der Waals surface area contributed by atoms with E-state index in [1.54, 1.807) is 0 Å². The van der Waals surface area contributed by atoms with E-state index in [2.05, 4.69) is 77.9 Å². The first-order valence-electron chi connectivity index (χ1n) is 10.9. The largest absolute Gasteiger partial charge is 0.456 e. The maximum absolute atomic E-state index is 9.58. The standard InChI is InChI=1S/C28H19N3O/c1-16(2)30-22-13-17(15-29)11-12-21(22)31-20-9-5-3-7-18(20)27-26-19-8-4-6-10-24(19)32-25(26)14-23(30)28(27)31/h3-14,16H,1-2H3. The number of fused-ring (bicyclic) bond motifs is 9. The average molecular weight is 413 g/mol. The van der Waals surface area contributed by atoms with Crippen LogP contribution in [0.1, 0.15) is 19.4 Å². The van der Waals surface area contributed by atoms with Crippen LogP contribution in [0.2, 0.25) is 0 Å². The topological polar surface area (TPSA) is 45.1 Å². The van der Waals surface area contributed by atoms with Crippen LogP contribution < -0.4 is 4.90 Å². The van der Waals surface area contributed by atoms with Gasteiger partial charge in [-0.3, -0.25) is 0 Å². The molecule has 4 heteroatoms. The van der Waals surface area contributed by atoms with Crippen LogP contribution in [0.4, 0.5) is 11.4 Å². The second kappa shape index (κ2) is 5.93. The van der Waals surface area contributed by atoms with Gasteiger partial charge in [0.05, 0.1) is 39.7 Å². The molecule has 152 valence electrons. The Balaban J connectivity index is 1.80. The summed E-state index contributed by atoms with van der Waals surface area (Å²) in [4.78, 5) is 2.34. The Morgan fingerprint density at radius 1 is 0.781 bits per heavy atom. The molecule has 0 unspecified atom stereocenters. The van der Waals surface area contributed by atoms with E-state index in [0.717, 1.165) is 44.5 Å². The predicted molar refractivity (Wildman–Crippen MR) is 130 cm³/mol. The zero-order chi connectivity index (χ0) is 21.6. The molecule has 0 amide bonds. The van der Waals surface area contributed by atoms with Gasteiger partial charge in [0, 0.05) is 33.7 Å². The van der Waals surface area contributed by atoms with Gasteiger partial charge in [0.25, 0.3) is 0 Å². The summed E-state index contributed by atoms with van der Waals surface area (Å²) >= 11 is 0. The molecule has 2 aromatic heterocycles. The third-order valence-electron chi connectivity index (χ3n) is 6.64. The number of furan rings is 1. The van der Waals surface area contributed by atoms with Crippen molar-refractivity contribution in [3.05, 3.63) is 78.4 Å². The first-order chi connectivity index (χ1) is 15.7. The van der Waals surface area contributed by atoms with Crippen LogP contribution in [0.3, 0.4) is 0 Å². The van der Waals surface area contributed by atoms with Gasteiger partial charge in [0.15, 0.2) is 0 Å². The lowest BCUT2D eigenvalue weighted by molar-refractivity contribution is 0.668. The molecular weight excluding hydrogens is 394 g/mol. The van der Waals surface area contributed by atoms with E-state index in [-0.39, 0.29) is 6.04 Å². The molecule has 6 aromatic rings. The SMILES string of the molecule is CC(C)N1c2cc(C#N)ccc2-n2c3ccccc3c3c4c(cc1c32)oc1ccccc14. The average Bonchev–Trinajstić information content (AvgIpc) is 3.35. The predicted octanol–water partition coefficient (Wildman–Crippen LogP) is 7.41. The number of hydrogen-bond donors (Lipinski definition) is 0. The maximum atomic E-state index is 9.58. The lowest BCUT2D eigenvalue weighted by Gasteiger charge is -2.36. The van der Waals surface area contributed by atoms with Crippen molar-refractivity contribution in [3.63, 3.8) is 0 Å². The van der Waals surface area contributed by atoms with Crippen molar-refractivity contribution in [2.45, 2.75) is 19.9 Å². The van der Waals surface area contributed by atoms with Gasteiger partial charge in [0.1, 0.15) is 11.2 Å². The first kappa shape index (κ1) is 17.5. The molecule has 0 fully saturated rings. The van der Waals surface area contributed by atoms with E-state index in [1.807, 2.05) is 24.3 Å². The van der Waals surface area contributed by atoms with Crippen molar-refractivity contribution in [2.24, 2.45) is 0 Å². The monoisotopic (exact) mass is 413 g/mol. The van der Waals surface area contributed by atoms with Crippen LogP contribution >= 0.6 is 0 Å². The summed E-state index contributed by atoms with van der Waals surface area (Å²) < 4.78 is 8.72. The Labute approximate surface area is 184 Å². The van der Waals surface area contributed by atoms with Crippen LogP contribution in [0.15, 0.2) is 77.2 Å². The van der Waals surface area contributed by atoms with Crippen LogP contribution in [-0.2, 0) is 0 Å². The van der Waals surface area contributed by atoms with Gasteiger partial charge in [-0.2, -0.15) is 5.26 Å². The van der Waals surface area contributed by atoms with E-state index in [9.17, 15) is 5.26 Å². The molecule has 1 aliphatic rings. The van der Waals surface area contributed by atoms with Gasteiger partial charge in [-0.15, -0.1) is 0 Å². The minimum Gasteiger partial charge on any atom is -0.456 e. The molecule has 0 aliphatic carbocycles. The Kier molecular flexibility index (Phi) is 3.23. The summed E-state index contributed by atoms with van der Waals surface area (Å²) in [6.45, 7) is 4.38. The third kappa shape index (κ3) is 2.01. The summed E-state index contributed by atoms with van der Waals surface area (Å²) in [5, 5.41) is 14.3. The number of aromatic nitrogens is 1. The molecule has 0 atom stereocenters. The molecule has 0 bridgehead atoms. The smallest absolute Gasteiger partial charge is 0.138 e. The van der Waals surface area contributed by atoms with Gasteiger partial charge in [-0.1, -0.05) is 36.4 Å². The minimum absolute atomic E-state index is 0.208. The van der Waals surface area contributed by atoms with Gasteiger partial charge in [-0.05, 0) is 44.2 Å². The van der Waals surface area contributed by atoms with E-state index in [4.69, 9.17) is 4.42 Å². The van der Waals surface area contributed by atoms with E-state index >= 15 is 0 Å². The Morgan fingerprint density at radius 2 is 1.56 bits per heavy atom. The molecule has 0 radical (unpaired) electrons. The van der Waals surface area contributed by atoms with Crippen LogP contribution in [0, 0.1) is 11.3 Å². The van der Waals surface area contributed by atoms with E-state index in [1.165, 1.54) is 16.3 Å². The van der Waals surface area contributed by atoms with Gasteiger partial charge >= 0.3 is 0 Å². The second-order valence-electron chi connectivity index (χ2n) is 8.72. The van der Waals surface area contributed by atoms with Crippen molar-refractivity contribution in [1.29, 1.82) is 5.26 Å². The van der Waals surface area contributed by atoms with E-state index in [0.29, 0.717) is 5.56 Å². The van der Waals surface area contributed by atoms with Crippen molar-refractivity contribution in [1.82, 2.24) is 4.57 Å². The second-order valence-corrected chi connectivity index (χ2v) is 8.72.